The number of ether oxygens (including phenoxy) is 1. The van der Waals surface area contributed by atoms with Gasteiger partial charge in [0, 0.05) is 22.5 Å². The highest BCUT2D eigenvalue weighted by Crippen LogP contribution is 2.23. The summed E-state index contributed by atoms with van der Waals surface area (Å²) in [5.74, 6) is -0.664. The number of carbonyl (C=O) groups is 2. The van der Waals surface area contributed by atoms with Crippen LogP contribution in [0.2, 0.25) is 0 Å². The predicted molar refractivity (Wildman–Crippen MR) is 84.7 cm³/mol. The summed E-state index contributed by atoms with van der Waals surface area (Å²) >= 11 is 0. The maximum absolute atomic E-state index is 12.6. The number of benzene rings is 1. The molecule has 2 rings (SSSR count). The van der Waals surface area contributed by atoms with E-state index in [1.807, 2.05) is 0 Å². The lowest BCUT2D eigenvalue weighted by Crippen LogP contribution is -2.20. The Morgan fingerprint density at radius 2 is 1.76 bits per heavy atom. The van der Waals surface area contributed by atoms with Crippen LogP contribution in [0.3, 0.4) is 0 Å². The number of aryl methyl sites for hydroxylation is 1. The minimum atomic E-state index is -4.37. The molecule has 1 aromatic carbocycles. The third-order valence-electron chi connectivity index (χ3n) is 3.72. The van der Waals surface area contributed by atoms with E-state index < -0.39 is 24.4 Å². The van der Waals surface area contributed by atoms with Crippen molar-refractivity contribution in [2.45, 2.75) is 26.6 Å². The van der Waals surface area contributed by atoms with Crippen LogP contribution in [0.1, 0.15) is 32.1 Å². The van der Waals surface area contributed by atoms with Gasteiger partial charge in [0.2, 0.25) is 11.7 Å². The molecule has 8 heteroatoms. The quantitative estimate of drug-likeness (QED) is 0.811. The van der Waals surface area contributed by atoms with Gasteiger partial charge in [-0.3, -0.25) is 9.59 Å². The minimum absolute atomic E-state index is 0.190. The molecule has 0 aliphatic heterocycles. The van der Waals surface area contributed by atoms with Gasteiger partial charge in [0.05, 0.1) is 0 Å². The highest BCUT2D eigenvalue weighted by Gasteiger charge is 2.30. The van der Waals surface area contributed by atoms with Crippen LogP contribution < -0.4 is 10.5 Å². The summed E-state index contributed by atoms with van der Waals surface area (Å²) in [5.41, 5.74) is 6.21. The molecule has 1 aromatic heterocycles. The lowest BCUT2D eigenvalue weighted by atomic mass is 10.1. The van der Waals surface area contributed by atoms with E-state index in [1.54, 1.807) is 0 Å². The van der Waals surface area contributed by atoms with Crippen LogP contribution in [0.5, 0.6) is 5.75 Å². The van der Waals surface area contributed by atoms with Crippen molar-refractivity contribution < 1.29 is 27.5 Å². The fourth-order valence-electron chi connectivity index (χ4n) is 2.45. The standard InChI is InChI=1S/C17H17F3N2O3/c1-10-7-14(11(2)22(10)9-17(18,19)20)15(23)8-25-13-5-3-12(4-6-13)16(21)24/h3-7H,8-9H2,1-2H3,(H2,21,24). The molecule has 1 heterocycles. The first-order valence-electron chi connectivity index (χ1n) is 7.38. The number of hydrogen-bond donors (Lipinski definition) is 1. The van der Waals surface area contributed by atoms with E-state index in [1.165, 1.54) is 44.2 Å². The number of aromatic nitrogens is 1. The van der Waals surface area contributed by atoms with Crippen molar-refractivity contribution in [2.75, 3.05) is 6.61 Å². The second kappa shape index (κ2) is 7.00. The first kappa shape index (κ1) is 18.6. The van der Waals surface area contributed by atoms with E-state index in [9.17, 15) is 22.8 Å². The molecule has 25 heavy (non-hydrogen) atoms. The fourth-order valence-corrected chi connectivity index (χ4v) is 2.45. The van der Waals surface area contributed by atoms with Crippen molar-refractivity contribution in [1.82, 2.24) is 4.57 Å². The molecule has 0 saturated heterocycles. The van der Waals surface area contributed by atoms with Crippen molar-refractivity contribution in [3.63, 3.8) is 0 Å². The number of hydrogen-bond acceptors (Lipinski definition) is 3. The van der Waals surface area contributed by atoms with Gasteiger partial charge in [0.1, 0.15) is 12.3 Å². The molecule has 0 aliphatic carbocycles. The average molecular weight is 354 g/mol. The van der Waals surface area contributed by atoms with E-state index in [2.05, 4.69) is 0 Å². The summed E-state index contributed by atoms with van der Waals surface area (Å²) in [6, 6.07) is 7.30. The molecule has 0 saturated carbocycles. The largest absolute Gasteiger partial charge is 0.485 e. The molecule has 0 aliphatic rings. The van der Waals surface area contributed by atoms with Gasteiger partial charge in [-0.15, -0.1) is 0 Å². The van der Waals surface area contributed by atoms with Gasteiger partial charge >= 0.3 is 6.18 Å². The Bertz CT molecular complexity index is 793. The zero-order chi connectivity index (χ0) is 18.8. The smallest absolute Gasteiger partial charge is 0.406 e. The van der Waals surface area contributed by atoms with Gasteiger partial charge in [-0.2, -0.15) is 13.2 Å². The Hall–Kier alpha value is -2.77. The van der Waals surface area contributed by atoms with Gasteiger partial charge in [-0.1, -0.05) is 0 Å². The maximum Gasteiger partial charge on any atom is 0.406 e. The van der Waals surface area contributed by atoms with Gasteiger partial charge in [0.25, 0.3) is 0 Å². The van der Waals surface area contributed by atoms with E-state index in [0.29, 0.717) is 17.0 Å². The molecule has 134 valence electrons. The average Bonchev–Trinajstić information content (AvgIpc) is 2.79. The molecule has 0 radical (unpaired) electrons. The monoisotopic (exact) mass is 354 g/mol. The highest BCUT2D eigenvalue weighted by atomic mass is 19.4. The minimum Gasteiger partial charge on any atom is -0.485 e. The molecule has 2 N–H and O–H groups in total. The van der Waals surface area contributed by atoms with Crippen LogP contribution >= 0.6 is 0 Å². The second-order valence-corrected chi connectivity index (χ2v) is 5.59. The zero-order valence-electron chi connectivity index (χ0n) is 13.7. The van der Waals surface area contributed by atoms with Gasteiger partial charge in [0.15, 0.2) is 6.61 Å². The molecule has 0 unspecified atom stereocenters. The Labute approximate surface area is 142 Å². The van der Waals surface area contributed by atoms with Crippen molar-refractivity contribution >= 4 is 11.7 Å². The highest BCUT2D eigenvalue weighted by molar-refractivity contribution is 5.98. The number of halogens is 3. The van der Waals surface area contributed by atoms with Crippen LogP contribution in [-0.2, 0) is 6.54 Å². The number of carbonyl (C=O) groups excluding carboxylic acids is 2. The number of primary amides is 1. The van der Waals surface area contributed by atoms with E-state index in [-0.39, 0.29) is 17.9 Å². The third kappa shape index (κ3) is 4.62. The summed E-state index contributed by atoms with van der Waals surface area (Å²) in [6.45, 7) is 1.51. The second-order valence-electron chi connectivity index (χ2n) is 5.59. The molecule has 0 spiro atoms. The van der Waals surface area contributed by atoms with Crippen LogP contribution in [0.25, 0.3) is 0 Å². The van der Waals surface area contributed by atoms with Crippen molar-refractivity contribution in [3.8, 4) is 5.75 Å². The van der Waals surface area contributed by atoms with Crippen LogP contribution in [0.4, 0.5) is 13.2 Å². The van der Waals surface area contributed by atoms with E-state index in [4.69, 9.17) is 10.5 Å². The van der Waals surface area contributed by atoms with Crippen LogP contribution in [0, 0.1) is 13.8 Å². The van der Waals surface area contributed by atoms with Gasteiger partial charge in [-0.25, -0.2) is 0 Å². The molecular weight excluding hydrogens is 337 g/mol. The summed E-state index contributed by atoms with van der Waals surface area (Å²) < 4.78 is 44.2. The van der Waals surface area contributed by atoms with Gasteiger partial charge < -0.3 is 15.0 Å². The molecule has 0 bridgehead atoms. The number of ketones is 1. The topological polar surface area (TPSA) is 74.3 Å². The Balaban J connectivity index is 2.08. The fraction of sp³-hybridized carbons (Fsp3) is 0.294. The SMILES string of the molecule is Cc1cc(C(=O)COc2ccc(C(N)=O)cc2)c(C)n1CC(F)(F)F. The maximum atomic E-state index is 12.6. The number of nitrogens with two attached hydrogens (primary N) is 1. The molecule has 2 aromatic rings. The first-order valence-corrected chi connectivity index (χ1v) is 7.38. The van der Waals surface area contributed by atoms with Crippen LogP contribution in [-0.4, -0.2) is 29.0 Å². The summed E-state index contributed by atoms with van der Waals surface area (Å²) in [6.07, 6.45) is -4.37. The van der Waals surface area contributed by atoms with E-state index >= 15 is 0 Å². The molecule has 5 nitrogen and oxygen atoms in total. The number of rotatable bonds is 6. The normalized spacial score (nSPS) is 11.4. The molecule has 1 amide bonds. The number of alkyl halides is 3. The molecule has 0 atom stereocenters. The molecular formula is C17H17F3N2O3. The van der Waals surface area contributed by atoms with Gasteiger partial charge in [-0.05, 0) is 44.2 Å². The Morgan fingerprint density at radius 3 is 2.28 bits per heavy atom. The lowest BCUT2D eigenvalue weighted by Gasteiger charge is -2.12. The Morgan fingerprint density at radius 1 is 1.16 bits per heavy atom. The Kier molecular flexibility index (Phi) is 5.20. The lowest BCUT2D eigenvalue weighted by molar-refractivity contribution is -0.141. The summed E-state index contributed by atoms with van der Waals surface area (Å²) in [7, 11) is 0. The number of amides is 1. The number of Topliss-reactive ketones (excluding diaryl/α,β-unsaturated/α-hetero) is 1. The zero-order valence-corrected chi connectivity index (χ0v) is 13.7. The van der Waals surface area contributed by atoms with Crippen molar-refractivity contribution in [3.05, 3.63) is 52.8 Å². The first-order chi connectivity index (χ1) is 11.6. The van der Waals surface area contributed by atoms with E-state index in [0.717, 1.165) is 4.57 Å². The van der Waals surface area contributed by atoms with Crippen LogP contribution in [0.15, 0.2) is 30.3 Å². The summed E-state index contributed by atoms with van der Waals surface area (Å²) in [4.78, 5) is 23.2. The molecule has 0 fully saturated rings. The number of nitrogens with zero attached hydrogens (tertiary/aromatic N) is 1. The van der Waals surface area contributed by atoms with Crippen molar-refractivity contribution in [2.24, 2.45) is 5.73 Å². The summed E-state index contributed by atoms with van der Waals surface area (Å²) in [5, 5.41) is 0. The predicted octanol–water partition coefficient (Wildman–Crippen LogP) is 3.03. The van der Waals surface area contributed by atoms with Crippen molar-refractivity contribution in [1.29, 1.82) is 0 Å². The third-order valence-corrected chi connectivity index (χ3v) is 3.72.